The van der Waals surface area contributed by atoms with E-state index in [0.29, 0.717) is 41.7 Å². The zero-order valence-corrected chi connectivity index (χ0v) is 18.9. The Morgan fingerprint density at radius 3 is 2.33 bits per heavy atom. The average Bonchev–Trinajstić information content (AvgIpc) is 2.90. The highest BCUT2D eigenvalue weighted by Crippen LogP contribution is 2.30. The van der Waals surface area contributed by atoms with E-state index < -0.39 is 5.60 Å². The van der Waals surface area contributed by atoms with E-state index in [0.717, 1.165) is 5.56 Å². The zero-order chi connectivity index (χ0) is 21.9. The summed E-state index contributed by atoms with van der Waals surface area (Å²) in [6, 6.07) is 14.5. The fourth-order valence-corrected chi connectivity index (χ4v) is 4.02. The van der Waals surface area contributed by atoms with Crippen molar-refractivity contribution in [2.75, 3.05) is 19.6 Å². The fourth-order valence-electron chi connectivity index (χ4n) is 3.53. The minimum atomic E-state index is -0.600. The number of amides is 2. The third kappa shape index (κ3) is 5.46. The summed E-state index contributed by atoms with van der Waals surface area (Å²) in [4.78, 5) is 29.5. The van der Waals surface area contributed by atoms with E-state index in [1.54, 1.807) is 28.0 Å². The second-order valence-electron chi connectivity index (χ2n) is 8.31. The molecule has 160 valence electrons. The molecule has 2 amide bonds. The molecule has 1 aliphatic rings. The summed E-state index contributed by atoms with van der Waals surface area (Å²) in [6.07, 6.45) is 0.218. The molecule has 0 bridgehead atoms. The normalized spacial score (nSPS) is 17.4. The molecular weight excluding hydrogens is 423 g/mol. The number of hydrogen-bond acceptors (Lipinski definition) is 3. The van der Waals surface area contributed by atoms with Crippen molar-refractivity contribution in [1.29, 1.82) is 0 Å². The van der Waals surface area contributed by atoms with E-state index >= 15 is 0 Å². The molecule has 7 heteroatoms. The van der Waals surface area contributed by atoms with E-state index in [9.17, 15) is 9.59 Å². The monoisotopic (exact) mass is 448 g/mol. The summed E-state index contributed by atoms with van der Waals surface area (Å²) in [5.41, 5.74) is 0.821. The van der Waals surface area contributed by atoms with Gasteiger partial charge in [0.1, 0.15) is 5.60 Å². The standard InChI is InChI=1S/C23H26Cl2N2O3/c1-23(2,3)30-22(29)27-14-13-26(12-11-20(27)16-7-5-4-6-8-16)21(28)18-10-9-17(24)15-19(18)25/h4-10,15,20H,11-14H2,1-3H3. The molecule has 0 saturated carbocycles. The van der Waals surface area contributed by atoms with Gasteiger partial charge >= 0.3 is 6.09 Å². The largest absolute Gasteiger partial charge is 0.444 e. The summed E-state index contributed by atoms with van der Waals surface area (Å²) in [7, 11) is 0. The molecule has 5 nitrogen and oxygen atoms in total. The molecule has 0 aliphatic carbocycles. The molecule has 1 heterocycles. The van der Waals surface area contributed by atoms with Crippen LogP contribution in [0.2, 0.25) is 10.0 Å². The van der Waals surface area contributed by atoms with Crippen LogP contribution >= 0.6 is 23.2 Å². The maximum atomic E-state index is 13.1. The number of rotatable bonds is 2. The van der Waals surface area contributed by atoms with Gasteiger partial charge in [0.25, 0.3) is 5.91 Å². The lowest BCUT2D eigenvalue weighted by Crippen LogP contribution is -2.41. The maximum absolute atomic E-state index is 13.1. The second-order valence-corrected chi connectivity index (χ2v) is 9.15. The van der Waals surface area contributed by atoms with Gasteiger partial charge in [0, 0.05) is 24.7 Å². The van der Waals surface area contributed by atoms with Gasteiger partial charge in [-0.25, -0.2) is 4.79 Å². The smallest absolute Gasteiger partial charge is 0.410 e. The van der Waals surface area contributed by atoms with Gasteiger partial charge in [-0.2, -0.15) is 0 Å². The van der Waals surface area contributed by atoms with Gasteiger partial charge in [-0.3, -0.25) is 9.69 Å². The molecule has 2 aromatic rings. The second kappa shape index (κ2) is 9.27. The Hall–Kier alpha value is -2.24. The van der Waals surface area contributed by atoms with Crippen molar-refractivity contribution < 1.29 is 14.3 Å². The van der Waals surface area contributed by atoms with Crippen molar-refractivity contribution in [2.45, 2.75) is 38.8 Å². The Kier molecular flexibility index (Phi) is 6.94. The number of hydrogen-bond donors (Lipinski definition) is 0. The predicted molar refractivity (Wildman–Crippen MR) is 119 cm³/mol. The first kappa shape index (κ1) is 22.4. The number of nitrogens with zero attached hydrogens (tertiary/aromatic N) is 2. The lowest BCUT2D eigenvalue weighted by molar-refractivity contribution is 0.0167. The number of carbonyl (C=O) groups is 2. The van der Waals surface area contributed by atoms with Crippen molar-refractivity contribution in [3.05, 3.63) is 69.7 Å². The molecule has 3 rings (SSSR count). The topological polar surface area (TPSA) is 49.9 Å². The van der Waals surface area contributed by atoms with Gasteiger partial charge in [-0.1, -0.05) is 53.5 Å². The number of halogens is 2. The van der Waals surface area contributed by atoms with Crippen LogP contribution in [0, 0.1) is 0 Å². The van der Waals surface area contributed by atoms with Crippen LogP contribution in [0.25, 0.3) is 0 Å². The molecular formula is C23H26Cl2N2O3. The minimum Gasteiger partial charge on any atom is -0.444 e. The summed E-state index contributed by atoms with van der Waals surface area (Å²) in [5.74, 6) is -0.172. The summed E-state index contributed by atoms with van der Waals surface area (Å²) < 4.78 is 5.64. The molecule has 1 aliphatic heterocycles. The minimum absolute atomic E-state index is 0.172. The Morgan fingerprint density at radius 1 is 1.00 bits per heavy atom. The molecule has 0 radical (unpaired) electrons. The molecule has 30 heavy (non-hydrogen) atoms. The van der Waals surface area contributed by atoms with Crippen LogP contribution in [0.3, 0.4) is 0 Å². The van der Waals surface area contributed by atoms with Crippen LogP contribution in [0.1, 0.15) is 49.2 Å². The molecule has 1 fully saturated rings. The molecule has 1 saturated heterocycles. The zero-order valence-electron chi connectivity index (χ0n) is 17.4. The first-order valence-corrected chi connectivity index (χ1v) is 10.7. The maximum Gasteiger partial charge on any atom is 0.410 e. The van der Waals surface area contributed by atoms with Gasteiger partial charge < -0.3 is 9.64 Å². The highest BCUT2D eigenvalue weighted by atomic mass is 35.5. The van der Waals surface area contributed by atoms with E-state index in [-0.39, 0.29) is 18.0 Å². The average molecular weight is 449 g/mol. The van der Waals surface area contributed by atoms with E-state index in [4.69, 9.17) is 27.9 Å². The SMILES string of the molecule is CC(C)(C)OC(=O)N1CCN(C(=O)c2ccc(Cl)cc2Cl)CCC1c1ccccc1. The quantitative estimate of drug-likeness (QED) is 0.581. The fraction of sp³-hybridized carbons (Fsp3) is 0.391. The molecule has 2 aromatic carbocycles. The van der Waals surface area contributed by atoms with Crippen molar-refractivity contribution in [3.8, 4) is 0 Å². The summed E-state index contributed by atoms with van der Waals surface area (Å²) in [6.45, 7) is 6.79. The third-order valence-corrected chi connectivity index (χ3v) is 5.47. The third-order valence-electron chi connectivity index (χ3n) is 4.92. The first-order chi connectivity index (χ1) is 14.2. The van der Waals surface area contributed by atoms with E-state index in [1.807, 2.05) is 51.1 Å². The molecule has 0 N–H and O–H groups in total. The summed E-state index contributed by atoms with van der Waals surface area (Å²) >= 11 is 12.2. The Morgan fingerprint density at radius 2 is 1.70 bits per heavy atom. The number of ether oxygens (including phenoxy) is 1. The molecule has 0 spiro atoms. The van der Waals surface area contributed by atoms with Gasteiger partial charge in [-0.15, -0.1) is 0 Å². The van der Waals surface area contributed by atoms with Crippen molar-refractivity contribution in [3.63, 3.8) is 0 Å². The van der Waals surface area contributed by atoms with Crippen LogP contribution in [-0.4, -0.2) is 47.0 Å². The molecule has 1 atom stereocenters. The van der Waals surface area contributed by atoms with Crippen LogP contribution in [0.4, 0.5) is 4.79 Å². The highest BCUT2D eigenvalue weighted by molar-refractivity contribution is 6.36. The first-order valence-electron chi connectivity index (χ1n) is 9.94. The predicted octanol–water partition coefficient (Wildman–Crippen LogP) is 5.82. The van der Waals surface area contributed by atoms with E-state index in [1.165, 1.54) is 0 Å². The van der Waals surface area contributed by atoms with Crippen LogP contribution in [0.15, 0.2) is 48.5 Å². The highest BCUT2D eigenvalue weighted by Gasteiger charge is 2.33. The van der Waals surface area contributed by atoms with Crippen molar-refractivity contribution >= 4 is 35.2 Å². The number of carbonyl (C=O) groups excluding carboxylic acids is 2. The molecule has 0 aromatic heterocycles. The van der Waals surface area contributed by atoms with Crippen LogP contribution in [0.5, 0.6) is 0 Å². The van der Waals surface area contributed by atoms with Gasteiger partial charge in [0.2, 0.25) is 0 Å². The van der Waals surface area contributed by atoms with Crippen molar-refractivity contribution in [2.24, 2.45) is 0 Å². The summed E-state index contributed by atoms with van der Waals surface area (Å²) in [5, 5.41) is 0.799. The number of benzene rings is 2. The Balaban J connectivity index is 1.85. The van der Waals surface area contributed by atoms with Crippen LogP contribution in [-0.2, 0) is 4.74 Å². The lowest BCUT2D eigenvalue weighted by atomic mass is 10.0. The van der Waals surface area contributed by atoms with Gasteiger partial charge in [-0.05, 0) is 51.0 Å². The van der Waals surface area contributed by atoms with Crippen molar-refractivity contribution in [1.82, 2.24) is 9.80 Å². The molecule has 1 unspecified atom stereocenters. The van der Waals surface area contributed by atoms with Gasteiger partial charge in [0.15, 0.2) is 0 Å². The Labute approximate surface area is 187 Å². The lowest BCUT2D eigenvalue weighted by Gasteiger charge is -2.32. The Bertz CT molecular complexity index is 912. The van der Waals surface area contributed by atoms with Gasteiger partial charge in [0.05, 0.1) is 16.6 Å². The van der Waals surface area contributed by atoms with Crippen LogP contribution < -0.4 is 0 Å². The van der Waals surface area contributed by atoms with E-state index in [2.05, 4.69) is 0 Å².